The molecule has 2 amide bonds. The Morgan fingerprint density at radius 1 is 1.25 bits per heavy atom. The highest BCUT2D eigenvalue weighted by atomic mass is 35.5. The van der Waals surface area contributed by atoms with Crippen molar-refractivity contribution in [2.75, 3.05) is 31.9 Å². The molecule has 2 N–H and O–H groups in total. The Balaban J connectivity index is 1.67. The van der Waals surface area contributed by atoms with E-state index in [0.717, 1.165) is 13.0 Å². The van der Waals surface area contributed by atoms with Crippen molar-refractivity contribution in [3.8, 4) is 0 Å². The molecule has 1 aromatic carbocycles. The molecule has 2 atom stereocenters. The number of likely N-dealkylation sites (tertiary alicyclic amines) is 1. The van der Waals surface area contributed by atoms with Gasteiger partial charge in [-0.15, -0.1) is 11.8 Å². The first-order chi connectivity index (χ1) is 13.5. The number of halogens is 1. The van der Waals surface area contributed by atoms with Gasteiger partial charge in [-0.3, -0.25) is 9.59 Å². The predicted molar refractivity (Wildman–Crippen MR) is 115 cm³/mol. The molecular formula is C21H31ClN3O2S+. The van der Waals surface area contributed by atoms with Crippen LogP contribution in [0.2, 0.25) is 5.02 Å². The minimum Gasteiger partial charge on any atom is -0.349 e. The number of benzene rings is 1. The lowest BCUT2D eigenvalue weighted by molar-refractivity contribution is -0.886. The van der Waals surface area contributed by atoms with Gasteiger partial charge in [-0.05, 0) is 36.6 Å². The van der Waals surface area contributed by atoms with Crippen LogP contribution < -0.4 is 10.2 Å². The summed E-state index contributed by atoms with van der Waals surface area (Å²) in [4.78, 5) is 29.5. The van der Waals surface area contributed by atoms with Crippen LogP contribution in [0.25, 0.3) is 0 Å². The van der Waals surface area contributed by atoms with Crippen LogP contribution in [-0.4, -0.2) is 60.1 Å². The Kier molecular flexibility index (Phi) is 7.66. The largest absolute Gasteiger partial charge is 0.349 e. The fourth-order valence-corrected chi connectivity index (χ4v) is 5.74. The zero-order valence-corrected chi connectivity index (χ0v) is 18.3. The van der Waals surface area contributed by atoms with E-state index in [1.807, 2.05) is 0 Å². The molecule has 0 aliphatic carbocycles. The van der Waals surface area contributed by atoms with Crippen molar-refractivity contribution in [2.24, 2.45) is 5.92 Å². The molecule has 0 radical (unpaired) electrons. The second-order valence-electron chi connectivity index (χ2n) is 8.15. The minimum atomic E-state index is -0.412. The number of carbonyl (C=O) groups is 2. The predicted octanol–water partition coefficient (Wildman–Crippen LogP) is 2.06. The van der Waals surface area contributed by atoms with Crippen LogP contribution >= 0.6 is 23.4 Å². The van der Waals surface area contributed by atoms with Crippen molar-refractivity contribution in [1.82, 2.24) is 10.2 Å². The smallest absolute Gasteiger partial charge is 0.255 e. The van der Waals surface area contributed by atoms with Gasteiger partial charge in [-0.25, -0.2) is 0 Å². The molecular weight excluding hydrogens is 394 g/mol. The molecule has 5 nitrogen and oxygen atoms in total. The van der Waals surface area contributed by atoms with Crippen LogP contribution in [0, 0.1) is 5.92 Å². The average Bonchev–Trinajstić information content (AvgIpc) is 3.31. The summed E-state index contributed by atoms with van der Waals surface area (Å²) in [6.07, 6.45) is 3.44. The van der Waals surface area contributed by atoms with Gasteiger partial charge in [0.2, 0.25) is 5.91 Å². The first kappa shape index (κ1) is 21.5. The number of thioether (sulfide) groups is 1. The van der Waals surface area contributed by atoms with Crippen LogP contribution in [0.4, 0.5) is 0 Å². The van der Waals surface area contributed by atoms with Crippen LogP contribution in [0.5, 0.6) is 0 Å². The van der Waals surface area contributed by atoms with Crippen molar-refractivity contribution in [2.45, 2.75) is 44.5 Å². The van der Waals surface area contributed by atoms with E-state index in [2.05, 4.69) is 19.2 Å². The number of hydrogen-bond acceptors (Lipinski definition) is 3. The van der Waals surface area contributed by atoms with Crippen LogP contribution in [0.15, 0.2) is 24.3 Å². The average molecular weight is 425 g/mol. The zero-order chi connectivity index (χ0) is 20.1. The van der Waals surface area contributed by atoms with Gasteiger partial charge in [-0.1, -0.05) is 25.4 Å². The molecule has 1 aromatic rings. The maximum absolute atomic E-state index is 13.2. The van der Waals surface area contributed by atoms with Gasteiger partial charge in [0.25, 0.3) is 5.91 Å². The highest BCUT2D eigenvalue weighted by Gasteiger charge is 2.41. The summed E-state index contributed by atoms with van der Waals surface area (Å²) in [6.45, 7) is 8.34. The Hall–Kier alpha value is -1.24. The van der Waals surface area contributed by atoms with Gasteiger partial charge < -0.3 is 15.1 Å². The van der Waals surface area contributed by atoms with E-state index in [1.165, 1.54) is 25.9 Å². The normalized spacial score (nSPS) is 22.8. The number of carbonyl (C=O) groups excluding carboxylic acids is 2. The second-order valence-corrected chi connectivity index (χ2v) is 9.80. The molecule has 154 valence electrons. The SMILES string of the molecule is CC(C)C[C@H]1SC[C@@H](C(=O)NCC[NH+]2CCCC2)N1C(=O)c1ccc(Cl)cc1. The van der Waals surface area contributed by atoms with Crippen molar-refractivity contribution >= 4 is 35.2 Å². The number of rotatable bonds is 7. The number of quaternary nitrogens is 1. The lowest BCUT2D eigenvalue weighted by atomic mass is 10.1. The third-order valence-electron chi connectivity index (χ3n) is 5.48. The van der Waals surface area contributed by atoms with Crippen LogP contribution in [-0.2, 0) is 4.79 Å². The maximum Gasteiger partial charge on any atom is 0.255 e. The Bertz CT molecular complexity index is 677. The van der Waals surface area contributed by atoms with Crippen molar-refractivity contribution in [3.63, 3.8) is 0 Å². The van der Waals surface area contributed by atoms with E-state index in [1.54, 1.807) is 45.8 Å². The van der Waals surface area contributed by atoms with Gasteiger partial charge in [0.1, 0.15) is 6.04 Å². The molecule has 2 saturated heterocycles. The highest BCUT2D eigenvalue weighted by molar-refractivity contribution is 8.00. The van der Waals surface area contributed by atoms with Crippen molar-refractivity contribution in [1.29, 1.82) is 0 Å². The van der Waals surface area contributed by atoms with Gasteiger partial charge in [0.05, 0.1) is 31.6 Å². The van der Waals surface area contributed by atoms with Crippen molar-refractivity contribution < 1.29 is 14.5 Å². The molecule has 0 aromatic heterocycles. The Morgan fingerprint density at radius 3 is 2.57 bits per heavy atom. The number of amides is 2. The minimum absolute atomic E-state index is 0.0281. The first-order valence-corrected chi connectivity index (χ1v) is 11.7. The molecule has 2 fully saturated rings. The molecule has 0 bridgehead atoms. The number of nitrogens with one attached hydrogen (secondary N) is 2. The van der Waals surface area contributed by atoms with Gasteiger partial charge in [0.15, 0.2) is 0 Å². The third-order valence-corrected chi connectivity index (χ3v) is 7.05. The topological polar surface area (TPSA) is 53.9 Å². The standard InChI is InChI=1S/C21H30ClN3O2S/c1-15(2)13-19-25(21(27)16-5-7-17(22)8-6-16)18(14-28-19)20(26)23-9-12-24-10-3-4-11-24/h5-8,15,18-19H,3-4,9-14H2,1-2H3,(H,23,26)/p+1/t18-,19+/m0/s1. The molecule has 0 saturated carbocycles. The molecule has 7 heteroatoms. The van der Waals surface area contributed by atoms with E-state index in [4.69, 9.17) is 11.6 Å². The molecule has 2 aliphatic rings. The van der Waals surface area contributed by atoms with Crippen LogP contribution in [0.1, 0.15) is 43.5 Å². The summed E-state index contributed by atoms with van der Waals surface area (Å²) in [5, 5.41) is 3.72. The molecule has 3 rings (SSSR count). The van der Waals surface area contributed by atoms with E-state index in [0.29, 0.717) is 28.8 Å². The fourth-order valence-electron chi connectivity index (χ4n) is 3.97. The summed E-state index contributed by atoms with van der Waals surface area (Å²) in [7, 11) is 0. The summed E-state index contributed by atoms with van der Waals surface area (Å²) in [6, 6.07) is 6.52. The van der Waals surface area contributed by atoms with E-state index in [-0.39, 0.29) is 17.2 Å². The van der Waals surface area contributed by atoms with Crippen LogP contribution in [0.3, 0.4) is 0 Å². The lowest BCUT2D eigenvalue weighted by Crippen LogP contribution is -3.10. The number of hydrogen-bond donors (Lipinski definition) is 2. The fraction of sp³-hybridized carbons (Fsp3) is 0.619. The molecule has 2 aliphatic heterocycles. The molecule has 0 unspecified atom stereocenters. The van der Waals surface area contributed by atoms with Gasteiger partial charge in [0, 0.05) is 29.2 Å². The Morgan fingerprint density at radius 2 is 1.93 bits per heavy atom. The lowest BCUT2D eigenvalue weighted by Gasteiger charge is -2.30. The summed E-state index contributed by atoms with van der Waals surface area (Å²) >= 11 is 7.68. The van der Waals surface area contributed by atoms with E-state index < -0.39 is 6.04 Å². The quantitative estimate of drug-likeness (QED) is 0.704. The summed E-state index contributed by atoms with van der Waals surface area (Å²) in [5.74, 6) is 0.995. The zero-order valence-electron chi connectivity index (χ0n) is 16.7. The monoisotopic (exact) mass is 424 g/mol. The molecule has 28 heavy (non-hydrogen) atoms. The molecule has 2 heterocycles. The summed E-state index contributed by atoms with van der Waals surface area (Å²) < 4.78 is 0. The third kappa shape index (κ3) is 5.43. The van der Waals surface area contributed by atoms with E-state index >= 15 is 0 Å². The summed E-state index contributed by atoms with van der Waals surface area (Å²) in [5.41, 5.74) is 0.583. The Labute approximate surface area is 177 Å². The molecule has 0 spiro atoms. The van der Waals surface area contributed by atoms with Gasteiger partial charge in [-0.2, -0.15) is 0 Å². The number of nitrogens with zero attached hydrogens (tertiary/aromatic N) is 1. The van der Waals surface area contributed by atoms with Crippen molar-refractivity contribution in [3.05, 3.63) is 34.9 Å². The second kappa shape index (κ2) is 9.99. The van der Waals surface area contributed by atoms with E-state index in [9.17, 15) is 9.59 Å². The van der Waals surface area contributed by atoms with Gasteiger partial charge >= 0.3 is 0 Å². The highest BCUT2D eigenvalue weighted by Crippen LogP contribution is 2.34. The maximum atomic E-state index is 13.2. The first-order valence-electron chi connectivity index (χ1n) is 10.3.